The van der Waals surface area contributed by atoms with Crippen molar-refractivity contribution in [1.82, 2.24) is 0 Å². The molecule has 9 heteroatoms. The maximum absolute atomic E-state index is 8.77. The highest BCUT2D eigenvalue weighted by Crippen LogP contribution is 1.98. The highest BCUT2D eigenvalue weighted by atomic mass is 16.4. The number of aliphatic hydroxyl groups is 9. The van der Waals surface area contributed by atoms with Crippen molar-refractivity contribution in [3.8, 4) is 0 Å². The lowest BCUT2D eigenvalue weighted by Gasteiger charge is -2.19. The van der Waals surface area contributed by atoms with E-state index in [1.54, 1.807) is 0 Å². The summed E-state index contributed by atoms with van der Waals surface area (Å²) in [6, 6.07) is 0. The molecule has 112 valence electrons. The van der Waals surface area contributed by atoms with Crippen LogP contribution in [-0.2, 0) is 0 Å². The van der Waals surface area contributed by atoms with Crippen LogP contribution in [0, 0.1) is 0 Å². The lowest BCUT2D eigenvalue weighted by atomic mass is 10.1. The van der Waals surface area contributed by atoms with Crippen molar-refractivity contribution in [3.05, 3.63) is 0 Å². The van der Waals surface area contributed by atoms with E-state index in [0.29, 0.717) is 0 Å². The highest BCUT2D eigenvalue weighted by molar-refractivity contribution is 4.73. The average Bonchev–Trinajstić information content (AvgIpc) is 2.43. The van der Waals surface area contributed by atoms with Crippen LogP contribution >= 0.6 is 0 Å². The second-order valence-corrected chi connectivity index (χ2v) is 3.49. The quantitative estimate of drug-likeness (QED) is 0.219. The number of rotatable bonds is 7. The molecule has 0 aliphatic carbocycles. The van der Waals surface area contributed by atoms with Gasteiger partial charge in [-0.05, 0) is 0 Å². The first-order valence-electron chi connectivity index (χ1n) is 5.19. The van der Waals surface area contributed by atoms with Crippen LogP contribution in [0.5, 0.6) is 0 Å². The summed E-state index contributed by atoms with van der Waals surface area (Å²) in [7, 11) is 0. The Hall–Kier alpha value is -0.360. The smallest absolute Gasteiger partial charge is 0.110 e. The van der Waals surface area contributed by atoms with Gasteiger partial charge in [-0.2, -0.15) is 0 Å². The summed E-state index contributed by atoms with van der Waals surface area (Å²) in [5.41, 5.74) is 0. The minimum Gasteiger partial charge on any atom is -0.394 e. The normalized spacial score (nSPS) is 19.2. The van der Waals surface area contributed by atoms with E-state index in [-0.39, 0.29) is 0 Å². The van der Waals surface area contributed by atoms with Gasteiger partial charge in [-0.25, -0.2) is 0 Å². The van der Waals surface area contributed by atoms with Crippen molar-refractivity contribution < 1.29 is 46.0 Å². The Labute approximate surface area is 104 Å². The first-order valence-corrected chi connectivity index (χ1v) is 5.19. The highest BCUT2D eigenvalue weighted by Gasteiger charge is 2.22. The van der Waals surface area contributed by atoms with E-state index in [4.69, 9.17) is 46.0 Å². The van der Waals surface area contributed by atoms with Crippen molar-refractivity contribution in [1.29, 1.82) is 0 Å². The molecule has 0 rings (SSSR count). The summed E-state index contributed by atoms with van der Waals surface area (Å²) in [5.74, 6) is 0. The lowest BCUT2D eigenvalue weighted by molar-refractivity contribution is -0.0900. The molecule has 18 heavy (non-hydrogen) atoms. The second-order valence-electron chi connectivity index (χ2n) is 3.49. The van der Waals surface area contributed by atoms with Crippen molar-refractivity contribution in [3.63, 3.8) is 0 Å². The Morgan fingerprint density at radius 1 is 0.444 bits per heavy atom. The molecule has 0 aliphatic heterocycles. The predicted molar refractivity (Wildman–Crippen MR) is 58.4 cm³/mol. The minimum atomic E-state index is -1.49. The monoisotopic (exact) mass is 274 g/mol. The molecule has 0 amide bonds. The largest absolute Gasteiger partial charge is 0.394 e. The molecule has 0 aromatic carbocycles. The Morgan fingerprint density at radius 3 is 0.833 bits per heavy atom. The van der Waals surface area contributed by atoms with Crippen LogP contribution in [0.15, 0.2) is 0 Å². The molecule has 0 aromatic heterocycles. The SMILES string of the molecule is OCC(O)C(O)C(O)CO.OCC(O)C(O)CO. The summed E-state index contributed by atoms with van der Waals surface area (Å²) in [6.07, 6.45) is -6.74. The predicted octanol–water partition coefficient (Wildman–Crippen LogP) is -5.25. The van der Waals surface area contributed by atoms with Gasteiger partial charge >= 0.3 is 0 Å². The molecule has 0 aliphatic rings. The molecule has 0 aromatic rings. The standard InChI is InChI=1S/C5H12O5.C4H10O4/c6-1-3(8)5(10)4(9)2-7;5-1-3(7)4(8)2-6/h3-10H,1-2H2;3-8H,1-2H2. The summed E-state index contributed by atoms with van der Waals surface area (Å²) in [5, 5.41) is 75.7. The molecule has 0 fully saturated rings. The summed E-state index contributed by atoms with van der Waals surface area (Å²) in [6.45, 7) is -2.33. The molecular weight excluding hydrogens is 252 g/mol. The number of hydrogen-bond donors (Lipinski definition) is 9. The van der Waals surface area contributed by atoms with Gasteiger partial charge < -0.3 is 46.0 Å². The second kappa shape index (κ2) is 11.7. The fourth-order valence-electron chi connectivity index (χ4n) is 0.716. The van der Waals surface area contributed by atoms with Gasteiger partial charge in [0, 0.05) is 0 Å². The molecule has 0 radical (unpaired) electrons. The molecular formula is C9H22O9. The Bertz CT molecular complexity index is 161. The average molecular weight is 274 g/mol. The molecule has 0 bridgehead atoms. The molecule has 0 spiro atoms. The summed E-state index contributed by atoms with van der Waals surface area (Å²) < 4.78 is 0. The first kappa shape index (κ1) is 20.0. The van der Waals surface area contributed by atoms with Gasteiger partial charge in [-0.1, -0.05) is 0 Å². The topological polar surface area (TPSA) is 182 Å². The van der Waals surface area contributed by atoms with Crippen LogP contribution in [0.25, 0.3) is 0 Å². The third kappa shape index (κ3) is 8.69. The lowest BCUT2D eigenvalue weighted by Crippen LogP contribution is -2.41. The van der Waals surface area contributed by atoms with Gasteiger partial charge in [0.2, 0.25) is 0 Å². The van der Waals surface area contributed by atoms with Crippen molar-refractivity contribution in [2.45, 2.75) is 30.5 Å². The van der Waals surface area contributed by atoms with Crippen molar-refractivity contribution in [2.24, 2.45) is 0 Å². The first-order chi connectivity index (χ1) is 8.35. The maximum Gasteiger partial charge on any atom is 0.110 e. The molecule has 4 unspecified atom stereocenters. The van der Waals surface area contributed by atoms with E-state index >= 15 is 0 Å². The molecule has 0 heterocycles. The Morgan fingerprint density at radius 2 is 0.667 bits per heavy atom. The van der Waals surface area contributed by atoms with Crippen molar-refractivity contribution in [2.75, 3.05) is 26.4 Å². The fourth-order valence-corrected chi connectivity index (χ4v) is 0.716. The molecule has 0 saturated heterocycles. The fraction of sp³-hybridized carbons (Fsp3) is 1.00. The minimum absolute atomic E-state index is 0.526. The zero-order valence-electron chi connectivity index (χ0n) is 9.74. The van der Waals surface area contributed by atoms with Gasteiger partial charge in [0.15, 0.2) is 0 Å². The number of aliphatic hydroxyl groups excluding tert-OH is 9. The zero-order valence-corrected chi connectivity index (χ0v) is 9.74. The van der Waals surface area contributed by atoms with Crippen LogP contribution in [0.2, 0.25) is 0 Å². The van der Waals surface area contributed by atoms with E-state index in [1.165, 1.54) is 0 Å². The van der Waals surface area contributed by atoms with E-state index < -0.39 is 56.9 Å². The molecule has 4 atom stereocenters. The molecule has 9 N–H and O–H groups in total. The summed E-state index contributed by atoms with van der Waals surface area (Å²) >= 11 is 0. The van der Waals surface area contributed by atoms with Crippen LogP contribution in [0.1, 0.15) is 0 Å². The van der Waals surface area contributed by atoms with E-state index in [9.17, 15) is 0 Å². The third-order valence-corrected chi connectivity index (χ3v) is 1.98. The van der Waals surface area contributed by atoms with E-state index in [1.807, 2.05) is 0 Å². The summed E-state index contributed by atoms with van der Waals surface area (Å²) in [4.78, 5) is 0. The van der Waals surface area contributed by atoms with E-state index in [0.717, 1.165) is 0 Å². The molecule has 0 saturated carbocycles. The van der Waals surface area contributed by atoms with Gasteiger partial charge in [0.25, 0.3) is 0 Å². The third-order valence-electron chi connectivity index (χ3n) is 1.98. The zero-order chi connectivity index (χ0) is 14.7. The Balaban J connectivity index is 0. The van der Waals surface area contributed by atoms with Crippen LogP contribution in [0.4, 0.5) is 0 Å². The number of hydrogen-bond acceptors (Lipinski definition) is 9. The van der Waals surface area contributed by atoms with Crippen LogP contribution in [-0.4, -0.2) is 103 Å². The van der Waals surface area contributed by atoms with Gasteiger partial charge in [-0.3, -0.25) is 0 Å². The van der Waals surface area contributed by atoms with Crippen LogP contribution in [0.3, 0.4) is 0 Å². The van der Waals surface area contributed by atoms with Gasteiger partial charge in [-0.15, -0.1) is 0 Å². The van der Waals surface area contributed by atoms with E-state index in [2.05, 4.69) is 0 Å². The molecule has 9 nitrogen and oxygen atoms in total. The Kier molecular flexibility index (Phi) is 13.0. The van der Waals surface area contributed by atoms with Gasteiger partial charge in [0.1, 0.15) is 30.5 Å². The maximum atomic E-state index is 8.77. The van der Waals surface area contributed by atoms with Crippen molar-refractivity contribution >= 4 is 0 Å². The van der Waals surface area contributed by atoms with Gasteiger partial charge in [0.05, 0.1) is 26.4 Å². The van der Waals surface area contributed by atoms with Crippen LogP contribution < -0.4 is 0 Å².